The smallest absolute Gasteiger partial charge is 0.262 e. The lowest BCUT2D eigenvalue weighted by Crippen LogP contribution is -2.30. The van der Waals surface area contributed by atoms with Gasteiger partial charge < -0.3 is 10.1 Å². The van der Waals surface area contributed by atoms with Crippen LogP contribution in [-0.4, -0.2) is 43.2 Å². The zero-order valence-electron chi connectivity index (χ0n) is 18.2. The molecule has 0 spiro atoms. The van der Waals surface area contributed by atoms with Crippen molar-refractivity contribution < 1.29 is 9.53 Å². The van der Waals surface area contributed by atoms with Crippen LogP contribution in [-0.2, 0) is 23.1 Å². The number of hydrogen-bond acceptors (Lipinski definition) is 6. The highest BCUT2D eigenvalue weighted by Gasteiger charge is 2.24. The Hall–Kier alpha value is -2.65. The molecule has 2 atom stereocenters. The van der Waals surface area contributed by atoms with Crippen molar-refractivity contribution in [3.63, 3.8) is 0 Å². The van der Waals surface area contributed by atoms with Crippen LogP contribution in [0.3, 0.4) is 0 Å². The van der Waals surface area contributed by atoms with E-state index in [1.807, 2.05) is 46.0 Å². The minimum Gasteiger partial charge on any atom is -0.376 e. The van der Waals surface area contributed by atoms with Gasteiger partial charge in [0.25, 0.3) is 5.56 Å². The molecule has 1 N–H and O–H groups in total. The van der Waals surface area contributed by atoms with Crippen molar-refractivity contribution in [2.45, 2.75) is 56.7 Å². The number of rotatable bonds is 6. The van der Waals surface area contributed by atoms with Gasteiger partial charge in [0.15, 0.2) is 5.16 Å². The molecule has 3 heterocycles. The standard InChI is InChI=1S/C22H27N5O3S/c1-13-19(14(2)26(4)25-13)24-20(28)15(3)31-22-23-18-10-6-5-9-17(18)21(29)27(22)12-16-8-7-11-30-16/h5-6,9-10,15-16H,7-8,11-12H2,1-4H3,(H,24,28). The molecule has 4 rings (SSSR count). The van der Waals surface area contributed by atoms with Crippen LogP contribution in [0.1, 0.15) is 31.2 Å². The molecule has 9 heteroatoms. The van der Waals surface area contributed by atoms with E-state index in [9.17, 15) is 9.59 Å². The molecule has 1 aliphatic heterocycles. The number of benzene rings is 1. The molecule has 1 saturated heterocycles. The SMILES string of the molecule is Cc1nn(C)c(C)c1NC(=O)C(C)Sc1nc2ccccc2c(=O)n1CC1CCCO1. The van der Waals surface area contributed by atoms with Crippen LogP contribution in [0.2, 0.25) is 0 Å². The summed E-state index contributed by atoms with van der Waals surface area (Å²) >= 11 is 1.29. The van der Waals surface area contributed by atoms with Crippen molar-refractivity contribution >= 4 is 34.3 Å². The van der Waals surface area contributed by atoms with Crippen molar-refractivity contribution in [3.05, 3.63) is 46.0 Å². The monoisotopic (exact) mass is 441 g/mol. The lowest BCUT2D eigenvalue weighted by Gasteiger charge is -2.18. The van der Waals surface area contributed by atoms with E-state index in [1.165, 1.54) is 11.8 Å². The molecule has 2 unspecified atom stereocenters. The Labute approximate surface area is 185 Å². The largest absolute Gasteiger partial charge is 0.376 e. The first kappa shape index (κ1) is 21.6. The van der Waals surface area contributed by atoms with Gasteiger partial charge in [-0.2, -0.15) is 5.10 Å². The van der Waals surface area contributed by atoms with Crippen LogP contribution < -0.4 is 10.9 Å². The lowest BCUT2D eigenvalue weighted by molar-refractivity contribution is -0.115. The fraction of sp³-hybridized carbons (Fsp3) is 0.455. The summed E-state index contributed by atoms with van der Waals surface area (Å²) in [6.45, 7) is 6.75. The van der Waals surface area contributed by atoms with E-state index >= 15 is 0 Å². The van der Waals surface area contributed by atoms with Crippen LogP contribution in [0, 0.1) is 13.8 Å². The molecule has 1 amide bonds. The Morgan fingerprint density at radius 2 is 2.13 bits per heavy atom. The normalized spacial score (nSPS) is 17.2. The Morgan fingerprint density at radius 1 is 1.35 bits per heavy atom. The van der Waals surface area contributed by atoms with Gasteiger partial charge in [-0.3, -0.25) is 18.8 Å². The summed E-state index contributed by atoms with van der Waals surface area (Å²) in [5.74, 6) is -0.157. The van der Waals surface area contributed by atoms with Crippen molar-refractivity contribution in [2.24, 2.45) is 7.05 Å². The van der Waals surface area contributed by atoms with Crippen LogP contribution in [0.5, 0.6) is 0 Å². The number of aryl methyl sites for hydroxylation is 2. The molecule has 0 bridgehead atoms. The summed E-state index contributed by atoms with van der Waals surface area (Å²) in [6.07, 6.45) is 1.90. The maximum Gasteiger partial charge on any atom is 0.262 e. The number of nitrogens with zero attached hydrogens (tertiary/aromatic N) is 4. The number of nitrogens with one attached hydrogen (secondary N) is 1. The first-order valence-electron chi connectivity index (χ1n) is 10.4. The average molecular weight is 442 g/mol. The van der Waals surface area contributed by atoms with Gasteiger partial charge in [0.05, 0.1) is 45.9 Å². The number of ether oxygens (including phenoxy) is 1. The maximum absolute atomic E-state index is 13.2. The molecule has 1 aliphatic rings. The maximum atomic E-state index is 13.2. The predicted octanol–water partition coefficient (Wildman–Crippen LogP) is 3.05. The van der Waals surface area contributed by atoms with Gasteiger partial charge in [0.2, 0.25) is 5.91 Å². The molecule has 0 saturated carbocycles. The average Bonchev–Trinajstić information content (AvgIpc) is 3.34. The number of aromatic nitrogens is 4. The van der Waals surface area contributed by atoms with Crippen molar-refractivity contribution in [3.8, 4) is 0 Å². The zero-order chi connectivity index (χ0) is 22.1. The summed E-state index contributed by atoms with van der Waals surface area (Å²) in [4.78, 5) is 30.9. The van der Waals surface area contributed by atoms with Crippen LogP contribution in [0.4, 0.5) is 5.69 Å². The lowest BCUT2D eigenvalue weighted by atomic mass is 10.2. The Balaban J connectivity index is 1.62. The highest BCUT2D eigenvalue weighted by atomic mass is 32.2. The highest BCUT2D eigenvalue weighted by Crippen LogP contribution is 2.26. The molecular weight excluding hydrogens is 414 g/mol. The van der Waals surface area contributed by atoms with E-state index in [2.05, 4.69) is 10.4 Å². The van der Waals surface area contributed by atoms with E-state index in [1.54, 1.807) is 15.3 Å². The molecule has 8 nitrogen and oxygen atoms in total. The summed E-state index contributed by atoms with van der Waals surface area (Å²) in [6, 6.07) is 7.31. The van der Waals surface area contributed by atoms with Gasteiger partial charge >= 0.3 is 0 Å². The third-order valence-corrected chi connectivity index (χ3v) is 6.74. The molecule has 1 aromatic carbocycles. The van der Waals surface area contributed by atoms with E-state index in [0.717, 1.165) is 29.9 Å². The van der Waals surface area contributed by atoms with E-state index in [0.29, 0.717) is 29.2 Å². The third kappa shape index (κ3) is 4.38. The van der Waals surface area contributed by atoms with Gasteiger partial charge in [-0.1, -0.05) is 23.9 Å². The number of carbonyl (C=O) groups is 1. The molecule has 164 valence electrons. The summed E-state index contributed by atoms with van der Waals surface area (Å²) < 4.78 is 9.16. The Kier molecular flexibility index (Phi) is 6.15. The fourth-order valence-electron chi connectivity index (χ4n) is 3.78. The second-order valence-electron chi connectivity index (χ2n) is 7.88. The van der Waals surface area contributed by atoms with E-state index < -0.39 is 5.25 Å². The molecular formula is C22H27N5O3S. The first-order chi connectivity index (χ1) is 14.8. The Bertz CT molecular complexity index is 1180. The Morgan fingerprint density at radius 3 is 2.81 bits per heavy atom. The van der Waals surface area contributed by atoms with E-state index in [4.69, 9.17) is 9.72 Å². The summed E-state index contributed by atoms with van der Waals surface area (Å²) in [7, 11) is 1.85. The van der Waals surface area contributed by atoms with Crippen LogP contribution >= 0.6 is 11.8 Å². The summed E-state index contributed by atoms with van der Waals surface area (Å²) in [5.41, 5.74) is 2.91. The molecule has 2 aromatic heterocycles. The fourth-order valence-corrected chi connectivity index (χ4v) is 4.70. The minimum absolute atomic E-state index is 0.00941. The van der Waals surface area contributed by atoms with Gasteiger partial charge in [-0.05, 0) is 45.7 Å². The van der Waals surface area contributed by atoms with Crippen molar-refractivity contribution in [2.75, 3.05) is 11.9 Å². The topological polar surface area (TPSA) is 91.0 Å². The quantitative estimate of drug-likeness (QED) is 0.467. The number of anilines is 1. The van der Waals surface area contributed by atoms with Gasteiger partial charge in [-0.15, -0.1) is 0 Å². The molecule has 0 aliphatic carbocycles. The minimum atomic E-state index is -0.456. The molecule has 0 radical (unpaired) electrons. The number of hydrogen-bond donors (Lipinski definition) is 1. The zero-order valence-corrected chi connectivity index (χ0v) is 19.0. The van der Waals surface area contributed by atoms with Gasteiger partial charge in [-0.25, -0.2) is 4.98 Å². The summed E-state index contributed by atoms with van der Waals surface area (Å²) in [5, 5.41) is 7.97. The molecule has 1 fully saturated rings. The van der Waals surface area contributed by atoms with Crippen LogP contribution in [0.15, 0.2) is 34.2 Å². The predicted molar refractivity (Wildman–Crippen MR) is 122 cm³/mol. The number of thioether (sulfide) groups is 1. The second-order valence-corrected chi connectivity index (χ2v) is 9.19. The second kappa shape index (κ2) is 8.84. The number of para-hydroxylation sites is 1. The van der Waals surface area contributed by atoms with E-state index in [-0.39, 0.29) is 17.6 Å². The molecule has 31 heavy (non-hydrogen) atoms. The van der Waals surface area contributed by atoms with Crippen molar-refractivity contribution in [1.82, 2.24) is 19.3 Å². The first-order valence-corrected chi connectivity index (χ1v) is 11.3. The van der Waals surface area contributed by atoms with Gasteiger partial charge in [0.1, 0.15) is 0 Å². The number of amides is 1. The molecule has 3 aromatic rings. The number of fused-ring (bicyclic) bond motifs is 1. The van der Waals surface area contributed by atoms with Gasteiger partial charge in [0, 0.05) is 13.7 Å². The van der Waals surface area contributed by atoms with Crippen LogP contribution in [0.25, 0.3) is 10.9 Å². The van der Waals surface area contributed by atoms with Crippen molar-refractivity contribution in [1.29, 1.82) is 0 Å². The highest BCUT2D eigenvalue weighted by molar-refractivity contribution is 8.00. The third-order valence-electron chi connectivity index (χ3n) is 5.65. The number of carbonyl (C=O) groups excluding carboxylic acids is 1.